The highest BCUT2D eigenvalue weighted by molar-refractivity contribution is 9.10. The van der Waals surface area contributed by atoms with Gasteiger partial charge in [-0.1, -0.05) is 22.0 Å². The molecule has 0 bridgehead atoms. The number of halogens is 4. The largest absolute Gasteiger partial charge is 0.271 e. The number of hydrazine groups is 1. The molecule has 0 saturated carbocycles. The molecule has 106 valence electrons. The van der Waals surface area contributed by atoms with Crippen molar-refractivity contribution in [2.75, 3.05) is 0 Å². The van der Waals surface area contributed by atoms with Crippen molar-refractivity contribution in [1.29, 1.82) is 0 Å². The molecule has 1 atom stereocenters. The van der Waals surface area contributed by atoms with E-state index >= 15 is 0 Å². The average molecular weight is 345 g/mol. The quantitative estimate of drug-likeness (QED) is 0.656. The van der Waals surface area contributed by atoms with Crippen molar-refractivity contribution in [2.24, 2.45) is 5.84 Å². The standard InChI is InChI=1S/C14H12BrF3N2/c15-11-2-1-3-12(18)14(11)13(20-19)6-8-4-9(16)7-10(17)5-8/h1-5,7,13,20H,6,19H2. The van der Waals surface area contributed by atoms with E-state index in [9.17, 15) is 13.2 Å². The summed E-state index contributed by atoms with van der Waals surface area (Å²) < 4.78 is 40.8. The molecular formula is C14H12BrF3N2. The lowest BCUT2D eigenvalue weighted by Gasteiger charge is -2.18. The summed E-state index contributed by atoms with van der Waals surface area (Å²) in [5.74, 6) is 3.64. The molecular weight excluding hydrogens is 333 g/mol. The van der Waals surface area contributed by atoms with Crippen LogP contribution >= 0.6 is 15.9 Å². The van der Waals surface area contributed by atoms with Gasteiger partial charge in [-0.2, -0.15) is 0 Å². The van der Waals surface area contributed by atoms with Gasteiger partial charge < -0.3 is 0 Å². The van der Waals surface area contributed by atoms with Gasteiger partial charge >= 0.3 is 0 Å². The summed E-state index contributed by atoms with van der Waals surface area (Å²) in [6.45, 7) is 0. The zero-order valence-electron chi connectivity index (χ0n) is 10.3. The lowest BCUT2D eigenvalue weighted by Crippen LogP contribution is -2.30. The van der Waals surface area contributed by atoms with E-state index in [1.165, 1.54) is 18.2 Å². The maximum atomic E-state index is 13.9. The van der Waals surface area contributed by atoms with Crippen molar-refractivity contribution < 1.29 is 13.2 Å². The Morgan fingerprint density at radius 3 is 2.30 bits per heavy atom. The van der Waals surface area contributed by atoms with Crippen molar-refractivity contribution in [3.8, 4) is 0 Å². The van der Waals surface area contributed by atoms with Gasteiger partial charge in [0.2, 0.25) is 0 Å². The zero-order valence-corrected chi connectivity index (χ0v) is 11.9. The molecule has 2 rings (SSSR count). The Labute approximate surface area is 122 Å². The predicted octanol–water partition coefficient (Wildman–Crippen LogP) is 3.61. The van der Waals surface area contributed by atoms with Gasteiger partial charge in [-0.05, 0) is 36.2 Å². The monoisotopic (exact) mass is 344 g/mol. The molecule has 0 amide bonds. The van der Waals surface area contributed by atoms with Crippen LogP contribution in [-0.2, 0) is 6.42 Å². The summed E-state index contributed by atoms with van der Waals surface area (Å²) >= 11 is 3.25. The third kappa shape index (κ3) is 3.39. The van der Waals surface area contributed by atoms with Crippen molar-refractivity contribution in [2.45, 2.75) is 12.5 Å². The van der Waals surface area contributed by atoms with Crippen molar-refractivity contribution >= 4 is 15.9 Å². The molecule has 2 nitrogen and oxygen atoms in total. The first-order valence-electron chi connectivity index (χ1n) is 5.86. The van der Waals surface area contributed by atoms with Gasteiger partial charge in [-0.15, -0.1) is 0 Å². The smallest absolute Gasteiger partial charge is 0.129 e. The molecule has 1 unspecified atom stereocenters. The Morgan fingerprint density at radius 1 is 1.10 bits per heavy atom. The lowest BCUT2D eigenvalue weighted by molar-refractivity contribution is 0.504. The minimum Gasteiger partial charge on any atom is -0.271 e. The summed E-state index contributed by atoms with van der Waals surface area (Å²) in [5, 5.41) is 0. The normalized spacial score (nSPS) is 12.4. The Kier molecular flexibility index (Phi) is 4.80. The Bertz CT molecular complexity index is 579. The highest BCUT2D eigenvalue weighted by Crippen LogP contribution is 2.28. The topological polar surface area (TPSA) is 38.0 Å². The van der Waals surface area contributed by atoms with Crippen LogP contribution in [0.5, 0.6) is 0 Å². The average Bonchev–Trinajstić information content (AvgIpc) is 2.36. The van der Waals surface area contributed by atoms with Crippen LogP contribution in [0.4, 0.5) is 13.2 Å². The molecule has 0 aliphatic heterocycles. The molecule has 0 aliphatic carbocycles. The number of nitrogens with one attached hydrogen (secondary N) is 1. The fourth-order valence-corrected chi connectivity index (χ4v) is 2.67. The lowest BCUT2D eigenvalue weighted by atomic mass is 9.99. The number of benzene rings is 2. The van der Waals surface area contributed by atoms with E-state index in [1.807, 2.05) is 0 Å². The van der Waals surface area contributed by atoms with E-state index in [2.05, 4.69) is 21.4 Å². The van der Waals surface area contributed by atoms with Crippen LogP contribution in [-0.4, -0.2) is 0 Å². The zero-order chi connectivity index (χ0) is 14.7. The third-order valence-electron chi connectivity index (χ3n) is 2.91. The second-order valence-corrected chi connectivity index (χ2v) is 5.19. The maximum absolute atomic E-state index is 13.9. The predicted molar refractivity (Wildman–Crippen MR) is 74.2 cm³/mol. The van der Waals surface area contributed by atoms with Gasteiger partial charge in [-0.3, -0.25) is 11.3 Å². The van der Waals surface area contributed by atoms with Crippen LogP contribution in [0.25, 0.3) is 0 Å². The molecule has 0 spiro atoms. The molecule has 0 aromatic heterocycles. The summed E-state index contributed by atoms with van der Waals surface area (Å²) in [6.07, 6.45) is 0.157. The highest BCUT2D eigenvalue weighted by Gasteiger charge is 2.18. The summed E-state index contributed by atoms with van der Waals surface area (Å²) in [4.78, 5) is 0. The van der Waals surface area contributed by atoms with Crippen molar-refractivity contribution in [3.05, 3.63) is 69.4 Å². The van der Waals surface area contributed by atoms with Crippen LogP contribution in [0, 0.1) is 17.5 Å². The second kappa shape index (κ2) is 6.39. The number of hydrogen-bond donors (Lipinski definition) is 2. The van der Waals surface area contributed by atoms with Gasteiger partial charge in [0, 0.05) is 16.1 Å². The minimum atomic E-state index is -0.677. The van der Waals surface area contributed by atoms with Crippen molar-refractivity contribution in [3.63, 3.8) is 0 Å². The molecule has 0 saturated heterocycles. The van der Waals surface area contributed by atoms with Crippen LogP contribution < -0.4 is 11.3 Å². The molecule has 20 heavy (non-hydrogen) atoms. The fraction of sp³-hybridized carbons (Fsp3) is 0.143. The molecule has 0 radical (unpaired) electrons. The second-order valence-electron chi connectivity index (χ2n) is 4.34. The molecule has 0 aliphatic rings. The fourth-order valence-electron chi connectivity index (χ4n) is 2.05. The van der Waals surface area contributed by atoms with Crippen LogP contribution in [0.2, 0.25) is 0 Å². The molecule has 0 fully saturated rings. The summed E-state index contributed by atoms with van der Waals surface area (Å²) in [5.41, 5.74) is 3.18. The van der Waals surface area contributed by atoms with E-state index in [0.29, 0.717) is 15.6 Å². The van der Waals surface area contributed by atoms with Gasteiger partial charge in [0.25, 0.3) is 0 Å². The van der Waals surface area contributed by atoms with Crippen molar-refractivity contribution in [1.82, 2.24) is 5.43 Å². The van der Waals surface area contributed by atoms with Gasteiger partial charge in [0.05, 0.1) is 6.04 Å². The molecule has 3 N–H and O–H groups in total. The first-order valence-corrected chi connectivity index (χ1v) is 6.65. The van der Waals surface area contributed by atoms with E-state index < -0.39 is 23.5 Å². The van der Waals surface area contributed by atoms with E-state index in [-0.39, 0.29) is 6.42 Å². The van der Waals surface area contributed by atoms with Crippen LogP contribution in [0.15, 0.2) is 40.9 Å². The molecule has 2 aromatic rings. The number of rotatable bonds is 4. The molecule has 2 aromatic carbocycles. The minimum absolute atomic E-state index is 0.157. The summed E-state index contributed by atoms with van der Waals surface area (Å²) in [7, 11) is 0. The van der Waals surface area contributed by atoms with Crippen LogP contribution in [0.1, 0.15) is 17.2 Å². The first-order chi connectivity index (χ1) is 9.51. The SMILES string of the molecule is NNC(Cc1cc(F)cc(F)c1)c1c(F)cccc1Br. The molecule has 6 heteroatoms. The van der Waals surface area contributed by atoms with Gasteiger partial charge in [-0.25, -0.2) is 13.2 Å². The molecule has 0 heterocycles. The van der Waals surface area contributed by atoms with Gasteiger partial charge in [0.15, 0.2) is 0 Å². The summed E-state index contributed by atoms with van der Waals surface area (Å²) in [6, 6.07) is 7.11. The first kappa shape index (κ1) is 15.0. The Balaban J connectivity index is 2.34. The van der Waals surface area contributed by atoms with E-state index in [4.69, 9.17) is 5.84 Å². The van der Waals surface area contributed by atoms with E-state index in [0.717, 1.165) is 6.07 Å². The van der Waals surface area contributed by atoms with E-state index in [1.54, 1.807) is 12.1 Å². The van der Waals surface area contributed by atoms with Gasteiger partial charge in [0.1, 0.15) is 17.5 Å². The Morgan fingerprint density at radius 2 is 1.75 bits per heavy atom. The number of hydrogen-bond acceptors (Lipinski definition) is 2. The third-order valence-corrected chi connectivity index (χ3v) is 3.60. The maximum Gasteiger partial charge on any atom is 0.129 e. The Hall–Kier alpha value is -1.37. The number of nitrogens with two attached hydrogens (primary N) is 1. The highest BCUT2D eigenvalue weighted by atomic mass is 79.9. The van der Waals surface area contributed by atoms with Crippen LogP contribution in [0.3, 0.4) is 0 Å².